The van der Waals surface area contributed by atoms with Crippen LogP contribution < -0.4 is 0 Å². The molecule has 0 saturated heterocycles. The largest absolute Gasteiger partial charge is 0.258 e. The predicted molar refractivity (Wildman–Crippen MR) is 55.7 cm³/mol. The fourth-order valence-electron chi connectivity index (χ4n) is 1.16. The smallest absolute Gasteiger partial charge is 0.0415 e. The van der Waals surface area contributed by atoms with Gasteiger partial charge in [0.15, 0.2) is 0 Å². The highest BCUT2D eigenvalue weighted by atomic mass is 79.9. The molecule has 0 spiro atoms. The second-order valence-electron chi connectivity index (χ2n) is 2.81. The van der Waals surface area contributed by atoms with Crippen LogP contribution in [0.4, 0.5) is 0 Å². The van der Waals surface area contributed by atoms with Gasteiger partial charge in [-0.25, -0.2) is 0 Å². The van der Waals surface area contributed by atoms with Crippen LogP contribution in [-0.2, 0) is 12.8 Å². The monoisotopic (exact) mass is 227 g/mol. The van der Waals surface area contributed by atoms with Gasteiger partial charge < -0.3 is 0 Å². The molecule has 1 aromatic heterocycles. The Morgan fingerprint density at radius 3 is 2.50 bits per heavy atom. The van der Waals surface area contributed by atoms with Gasteiger partial charge >= 0.3 is 0 Å². The van der Waals surface area contributed by atoms with Gasteiger partial charge in [0.2, 0.25) is 0 Å². The second kappa shape index (κ2) is 5.31. The minimum Gasteiger partial charge on any atom is -0.258 e. The first-order chi connectivity index (χ1) is 5.86. The zero-order valence-electron chi connectivity index (χ0n) is 7.39. The van der Waals surface area contributed by atoms with E-state index in [1.165, 1.54) is 17.8 Å². The number of rotatable bonds is 4. The quantitative estimate of drug-likeness (QED) is 0.722. The van der Waals surface area contributed by atoms with Crippen molar-refractivity contribution in [2.45, 2.75) is 26.2 Å². The van der Waals surface area contributed by atoms with Crippen molar-refractivity contribution in [3.63, 3.8) is 0 Å². The zero-order valence-corrected chi connectivity index (χ0v) is 8.97. The number of hydrogen-bond acceptors (Lipinski definition) is 1. The number of aromatic nitrogens is 1. The van der Waals surface area contributed by atoms with Crippen LogP contribution in [0.15, 0.2) is 18.2 Å². The molecular formula is C10H14BrN. The van der Waals surface area contributed by atoms with Crippen LogP contribution in [0, 0.1) is 0 Å². The summed E-state index contributed by atoms with van der Waals surface area (Å²) in [6, 6.07) is 6.28. The van der Waals surface area contributed by atoms with E-state index < -0.39 is 0 Å². The van der Waals surface area contributed by atoms with Crippen molar-refractivity contribution in [1.82, 2.24) is 4.98 Å². The maximum atomic E-state index is 4.52. The van der Waals surface area contributed by atoms with Crippen molar-refractivity contribution in [1.29, 1.82) is 0 Å². The Bertz CT molecular complexity index is 214. The van der Waals surface area contributed by atoms with Gasteiger partial charge in [-0.05, 0) is 25.0 Å². The average Bonchev–Trinajstić information content (AvgIpc) is 2.06. The van der Waals surface area contributed by atoms with Gasteiger partial charge in [-0.1, -0.05) is 35.3 Å². The molecule has 0 aliphatic heterocycles. The van der Waals surface area contributed by atoms with E-state index in [0.29, 0.717) is 0 Å². The average molecular weight is 228 g/mol. The number of aryl methyl sites for hydroxylation is 2. The third-order valence-electron chi connectivity index (χ3n) is 1.72. The molecule has 0 aliphatic rings. The maximum Gasteiger partial charge on any atom is 0.0415 e. The van der Waals surface area contributed by atoms with Gasteiger partial charge in [0.25, 0.3) is 0 Å². The molecular weight excluding hydrogens is 214 g/mol. The Balaban J connectivity index is 2.67. The highest BCUT2D eigenvalue weighted by Crippen LogP contribution is 2.03. The molecule has 0 radical (unpaired) electrons. The molecule has 0 amide bonds. The zero-order chi connectivity index (χ0) is 8.81. The Labute approximate surface area is 82.3 Å². The Hall–Kier alpha value is -0.370. The lowest BCUT2D eigenvalue weighted by Crippen LogP contribution is -1.95. The third kappa shape index (κ3) is 2.94. The van der Waals surface area contributed by atoms with E-state index in [1.54, 1.807) is 0 Å². The summed E-state index contributed by atoms with van der Waals surface area (Å²) in [7, 11) is 0. The van der Waals surface area contributed by atoms with E-state index in [9.17, 15) is 0 Å². The molecule has 1 heterocycles. The third-order valence-corrected chi connectivity index (χ3v) is 2.12. The minimum atomic E-state index is 0.996. The van der Waals surface area contributed by atoms with Crippen LogP contribution in [-0.4, -0.2) is 10.3 Å². The molecule has 0 fully saturated rings. The summed E-state index contributed by atoms with van der Waals surface area (Å²) in [5, 5.41) is 0.996. The van der Waals surface area contributed by atoms with Crippen LogP contribution in [0.2, 0.25) is 0 Å². The molecule has 0 aliphatic carbocycles. The number of pyridine rings is 1. The van der Waals surface area contributed by atoms with E-state index in [-0.39, 0.29) is 0 Å². The van der Waals surface area contributed by atoms with Gasteiger partial charge in [0.1, 0.15) is 0 Å². The van der Waals surface area contributed by atoms with E-state index in [2.05, 4.69) is 46.0 Å². The second-order valence-corrected chi connectivity index (χ2v) is 3.60. The number of halogens is 1. The number of alkyl halides is 1. The Morgan fingerprint density at radius 2 is 1.92 bits per heavy atom. The molecule has 1 nitrogen and oxygen atoms in total. The summed E-state index contributed by atoms with van der Waals surface area (Å²) in [5.41, 5.74) is 2.41. The van der Waals surface area contributed by atoms with Gasteiger partial charge in [-0.15, -0.1) is 0 Å². The summed E-state index contributed by atoms with van der Waals surface area (Å²) >= 11 is 3.41. The molecule has 0 saturated carbocycles. The molecule has 12 heavy (non-hydrogen) atoms. The van der Waals surface area contributed by atoms with E-state index in [4.69, 9.17) is 0 Å². The first kappa shape index (κ1) is 9.72. The molecule has 1 aromatic rings. The van der Waals surface area contributed by atoms with Gasteiger partial charge in [0, 0.05) is 16.7 Å². The highest BCUT2D eigenvalue weighted by Gasteiger charge is 1.95. The standard InChI is InChI=1S/C10H14BrN/c1-2-4-9-5-3-6-10(12-9)7-8-11/h3,5-6H,2,4,7-8H2,1H3. The van der Waals surface area contributed by atoms with Crippen LogP contribution >= 0.6 is 15.9 Å². The van der Waals surface area contributed by atoms with Crippen molar-refractivity contribution < 1.29 is 0 Å². The van der Waals surface area contributed by atoms with Crippen LogP contribution in [0.25, 0.3) is 0 Å². The minimum absolute atomic E-state index is 0.996. The summed E-state index contributed by atoms with van der Waals surface area (Å²) in [5.74, 6) is 0. The highest BCUT2D eigenvalue weighted by molar-refractivity contribution is 9.09. The lowest BCUT2D eigenvalue weighted by Gasteiger charge is -2.00. The molecule has 0 bridgehead atoms. The lowest BCUT2D eigenvalue weighted by atomic mass is 10.2. The first-order valence-corrected chi connectivity index (χ1v) is 5.49. The SMILES string of the molecule is CCCc1cccc(CCBr)n1. The predicted octanol–water partition coefficient (Wildman–Crippen LogP) is 2.97. The fraction of sp³-hybridized carbons (Fsp3) is 0.500. The Kier molecular flexibility index (Phi) is 4.30. The summed E-state index contributed by atoms with van der Waals surface area (Å²) in [6.07, 6.45) is 3.29. The molecule has 0 N–H and O–H groups in total. The molecule has 0 aromatic carbocycles. The van der Waals surface area contributed by atoms with Crippen LogP contribution in [0.3, 0.4) is 0 Å². The summed E-state index contributed by atoms with van der Waals surface area (Å²) < 4.78 is 0. The summed E-state index contributed by atoms with van der Waals surface area (Å²) in [4.78, 5) is 4.52. The van der Waals surface area contributed by atoms with Crippen LogP contribution in [0.1, 0.15) is 24.7 Å². The van der Waals surface area contributed by atoms with Crippen molar-refractivity contribution in [3.05, 3.63) is 29.6 Å². The molecule has 0 unspecified atom stereocenters. The van der Waals surface area contributed by atoms with Gasteiger partial charge in [-0.2, -0.15) is 0 Å². The van der Waals surface area contributed by atoms with Crippen molar-refractivity contribution >= 4 is 15.9 Å². The van der Waals surface area contributed by atoms with Crippen molar-refractivity contribution in [2.24, 2.45) is 0 Å². The van der Waals surface area contributed by atoms with Crippen molar-refractivity contribution in [3.8, 4) is 0 Å². The Morgan fingerprint density at radius 1 is 1.25 bits per heavy atom. The van der Waals surface area contributed by atoms with E-state index in [0.717, 1.165) is 18.2 Å². The van der Waals surface area contributed by atoms with E-state index >= 15 is 0 Å². The first-order valence-electron chi connectivity index (χ1n) is 4.37. The van der Waals surface area contributed by atoms with Crippen molar-refractivity contribution in [2.75, 3.05) is 5.33 Å². The van der Waals surface area contributed by atoms with Gasteiger partial charge in [-0.3, -0.25) is 4.98 Å². The van der Waals surface area contributed by atoms with Crippen LogP contribution in [0.5, 0.6) is 0 Å². The summed E-state index contributed by atoms with van der Waals surface area (Å²) in [6.45, 7) is 2.18. The number of nitrogens with zero attached hydrogens (tertiary/aromatic N) is 1. The number of hydrogen-bond donors (Lipinski definition) is 0. The molecule has 66 valence electrons. The molecule has 0 atom stereocenters. The molecule has 1 rings (SSSR count). The molecule has 2 heteroatoms. The fourth-order valence-corrected chi connectivity index (χ4v) is 1.57. The van der Waals surface area contributed by atoms with Gasteiger partial charge in [0.05, 0.1) is 0 Å². The lowest BCUT2D eigenvalue weighted by molar-refractivity contribution is 0.864. The normalized spacial score (nSPS) is 10.2. The van der Waals surface area contributed by atoms with E-state index in [1.807, 2.05) is 0 Å². The maximum absolute atomic E-state index is 4.52. The topological polar surface area (TPSA) is 12.9 Å².